The van der Waals surface area contributed by atoms with E-state index in [-0.39, 0.29) is 24.0 Å². The zero-order chi connectivity index (χ0) is 20.7. The van der Waals surface area contributed by atoms with Gasteiger partial charge in [0.15, 0.2) is 18.1 Å². The molecule has 0 saturated heterocycles. The number of oxime groups is 1. The summed E-state index contributed by atoms with van der Waals surface area (Å²) in [7, 11) is 1.34. The Bertz CT molecular complexity index is 846. The van der Waals surface area contributed by atoms with E-state index in [2.05, 4.69) is 15.2 Å². The van der Waals surface area contributed by atoms with E-state index in [4.69, 9.17) is 9.57 Å². The van der Waals surface area contributed by atoms with Crippen LogP contribution in [0.25, 0.3) is 0 Å². The second-order valence-corrected chi connectivity index (χ2v) is 6.12. The first kappa shape index (κ1) is 21.1. The Labute approximate surface area is 162 Å². The van der Waals surface area contributed by atoms with Gasteiger partial charge in [-0.15, -0.1) is 0 Å². The van der Waals surface area contributed by atoms with Crippen LogP contribution in [0, 0.1) is 20.8 Å². The minimum Gasteiger partial charge on any atom is -0.493 e. The molecule has 0 bridgehead atoms. The maximum absolute atomic E-state index is 12.3. The Morgan fingerprint density at radius 1 is 1.14 bits per heavy atom. The molecule has 0 atom stereocenters. The average Bonchev–Trinajstić information content (AvgIpc) is 2.62. The molecule has 6 nitrogen and oxygen atoms in total. The van der Waals surface area contributed by atoms with Gasteiger partial charge in [0.05, 0.1) is 13.3 Å². The Kier molecular flexibility index (Phi) is 7.31. The van der Waals surface area contributed by atoms with Crippen LogP contribution in [0.4, 0.5) is 14.5 Å². The fourth-order valence-electron chi connectivity index (χ4n) is 2.70. The van der Waals surface area contributed by atoms with Crippen LogP contribution in [0.3, 0.4) is 0 Å². The van der Waals surface area contributed by atoms with Crippen LogP contribution >= 0.6 is 0 Å². The summed E-state index contributed by atoms with van der Waals surface area (Å²) in [4.78, 5) is 17.1. The first-order valence-electron chi connectivity index (χ1n) is 8.46. The molecule has 0 aliphatic carbocycles. The minimum atomic E-state index is -2.95. The number of anilines is 1. The van der Waals surface area contributed by atoms with E-state index in [1.807, 2.05) is 32.9 Å². The molecule has 0 fully saturated rings. The first-order valence-corrected chi connectivity index (χ1v) is 8.46. The second kappa shape index (κ2) is 9.68. The van der Waals surface area contributed by atoms with Gasteiger partial charge in [-0.3, -0.25) is 4.79 Å². The van der Waals surface area contributed by atoms with Crippen LogP contribution in [0.5, 0.6) is 11.5 Å². The standard InChI is InChI=1S/C20H22F2N2O4/c1-12-7-13(2)19(14(3)8-12)24-18(25)11-27-23-10-15-5-6-16(28-20(21)22)17(9-15)26-4/h5-10,20H,11H2,1-4H3,(H,24,25)/b23-10-. The molecule has 0 spiro atoms. The van der Waals surface area contributed by atoms with Crippen LogP contribution in [-0.2, 0) is 9.63 Å². The average molecular weight is 392 g/mol. The summed E-state index contributed by atoms with van der Waals surface area (Å²) in [6.07, 6.45) is 1.34. The van der Waals surface area contributed by atoms with Crippen molar-refractivity contribution < 1.29 is 27.9 Å². The monoisotopic (exact) mass is 392 g/mol. The summed E-state index contributed by atoms with van der Waals surface area (Å²) in [5.41, 5.74) is 4.33. The highest BCUT2D eigenvalue weighted by molar-refractivity contribution is 5.93. The van der Waals surface area contributed by atoms with Gasteiger partial charge in [0.1, 0.15) is 0 Å². The molecule has 1 N–H and O–H groups in total. The molecule has 8 heteroatoms. The third kappa shape index (κ3) is 5.94. The lowest BCUT2D eigenvalue weighted by atomic mass is 10.1. The number of carbonyl (C=O) groups is 1. The zero-order valence-corrected chi connectivity index (χ0v) is 16.1. The Hall–Kier alpha value is -3.16. The summed E-state index contributed by atoms with van der Waals surface area (Å²) in [5.74, 6) is -0.295. The van der Waals surface area contributed by atoms with Crippen molar-refractivity contribution in [2.24, 2.45) is 5.16 Å². The maximum Gasteiger partial charge on any atom is 0.387 e. The zero-order valence-electron chi connectivity index (χ0n) is 16.1. The van der Waals surface area contributed by atoms with E-state index in [0.29, 0.717) is 5.56 Å². The third-order valence-corrected chi connectivity index (χ3v) is 3.82. The van der Waals surface area contributed by atoms with E-state index in [9.17, 15) is 13.6 Å². The number of hydrogen-bond acceptors (Lipinski definition) is 5. The van der Waals surface area contributed by atoms with Crippen LogP contribution < -0.4 is 14.8 Å². The van der Waals surface area contributed by atoms with E-state index >= 15 is 0 Å². The van der Waals surface area contributed by atoms with Gasteiger partial charge >= 0.3 is 6.61 Å². The number of nitrogens with one attached hydrogen (secondary N) is 1. The van der Waals surface area contributed by atoms with Gasteiger partial charge in [0.25, 0.3) is 5.91 Å². The maximum atomic E-state index is 12.3. The molecule has 0 aliphatic heterocycles. The normalized spacial score (nSPS) is 11.0. The van der Waals surface area contributed by atoms with Crippen molar-refractivity contribution in [3.05, 3.63) is 52.6 Å². The van der Waals surface area contributed by atoms with Crippen LogP contribution in [0.1, 0.15) is 22.3 Å². The fraction of sp³-hybridized carbons (Fsp3) is 0.300. The highest BCUT2D eigenvalue weighted by Gasteiger charge is 2.11. The fourth-order valence-corrected chi connectivity index (χ4v) is 2.70. The topological polar surface area (TPSA) is 69.2 Å². The predicted octanol–water partition coefficient (Wildman–Crippen LogP) is 4.21. The summed E-state index contributed by atoms with van der Waals surface area (Å²) in [6, 6.07) is 8.27. The number of hydrogen-bond donors (Lipinski definition) is 1. The summed E-state index contributed by atoms with van der Waals surface area (Å²) >= 11 is 0. The summed E-state index contributed by atoms with van der Waals surface area (Å²) in [5, 5.41) is 6.52. The van der Waals surface area contributed by atoms with E-state index in [1.54, 1.807) is 0 Å². The van der Waals surface area contributed by atoms with E-state index < -0.39 is 6.61 Å². The summed E-state index contributed by atoms with van der Waals surface area (Å²) < 4.78 is 34.0. The number of rotatable bonds is 8. The van der Waals surface area contributed by atoms with Crippen molar-refractivity contribution in [1.82, 2.24) is 0 Å². The Balaban J connectivity index is 1.92. The molecule has 2 aromatic rings. The number of halogens is 2. The van der Waals surface area contributed by atoms with Gasteiger partial charge in [-0.25, -0.2) is 0 Å². The van der Waals surface area contributed by atoms with Crippen molar-refractivity contribution in [2.45, 2.75) is 27.4 Å². The van der Waals surface area contributed by atoms with E-state index in [1.165, 1.54) is 31.5 Å². The molecule has 0 aliphatic rings. The molecule has 150 valence electrons. The smallest absolute Gasteiger partial charge is 0.387 e. The molecule has 2 rings (SSSR count). The minimum absolute atomic E-state index is 0.0845. The number of alkyl halides is 2. The van der Waals surface area contributed by atoms with Crippen LogP contribution in [0.15, 0.2) is 35.5 Å². The molecule has 0 unspecified atom stereocenters. The molecule has 0 heterocycles. The molecule has 1 amide bonds. The van der Waals surface area contributed by atoms with Crippen molar-refractivity contribution in [3.8, 4) is 11.5 Å². The highest BCUT2D eigenvalue weighted by Crippen LogP contribution is 2.29. The number of aryl methyl sites for hydroxylation is 3. The van der Waals surface area contributed by atoms with Gasteiger partial charge in [-0.05, 0) is 50.1 Å². The molecule has 0 saturated carbocycles. The van der Waals surface area contributed by atoms with Gasteiger partial charge in [0, 0.05) is 11.3 Å². The largest absolute Gasteiger partial charge is 0.493 e. The van der Waals surface area contributed by atoms with Gasteiger partial charge in [-0.2, -0.15) is 8.78 Å². The number of ether oxygens (including phenoxy) is 2. The predicted molar refractivity (Wildman–Crippen MR) is 102 cm³/mol. The Morgan fingerprint density at radius 2 is 1.82 bits per heavy atom. The summed E-state index contributed by atoms with van der Waals surface area (Å²) in [6.45, 7) is 2.61. The van der Waals surface area contributed by atoms with Crippen molar-refractivity contribution in [3.63, 3.8) is 0 Å². The number of benzene rings is 2. The lowest BCUT2D eigenvalue weighted by Crippen LogP contribution is -2.18. The molecule has 2 aromatic carbocycles. The van der Waals surface area contributed by atoms with Crippen LogP contribution in [-0.4, -0.2) is 32.4 Å². The quantitative estimate of drug-likeness (QED) is 0.540. The third-order valence-electron chi connectivity index (χ3n) is 3.82. The molecule has 28 heavy (non-hydrogen) atoms. The van der Waals surface area contributed by atoms with Crippen molar-refractivity contribution in [2.75, 3.05) is 19.0 Å². The van der Waals surface area contributed by atoms with Crippen LogP contribution in [0.2, 0.25) is 0 Å². The lowest BCUT2D eigenvalue weighted by Gasteiger charge is -2.12. The van der Waals surface area contributed by atoms with Gasteiger partial charge in [0.2, 0.25) is 0 Å². The van der Waals surface area contributed by atoms with Crippen molar-refractivity contribution >= 4 is 17.8 Å². The molecular weight excluding hydrogens is 370 g/mol. The Morgan fingerprint density at radius 3 is 2.43 bits per heavy atom. The number of methoxy groups -OCH3 is 1. The van der Waals surface area contributed by atoms with Crippen molar-refractivity contribution in [1.29, 1.82) is 0 Å². The molecule has 0 aromatic heterocycles. The van der Waals surface area contributed by atoms with E-state index in [0.717, 1.165) is 22.4 Å². The lowest BCUT2D eigenvalue weighted by molar-refractivity contribution is -0.120. The number of amides is 1. The molecular formula is C20H22F2N2O4. The second-order valence-electron chi connectivity index (χ2n) is 6.12. The van der Waals surface area contributed by atoms with Gasteiger partial charge < -0.3 is 19.6 Å². The SMILES string of the molecule is COc1cc(/C=N\OCC(=O)Nc2c(C)cc(C)cc2C)ccc1OC(F)F. The number of nitrogens with zero attached hydrogens (tertiary/aromatic N) is 1. The first-order chi connectivity index (χ1) is 13.3. The number of carbonyl (C=O) groups excluding carboxylic acids is 1. The highest BCUT2D eigenvalue weighted by atomic mass is 19.3. The van der Waals surface area contributed by atoms with Gasteiger partial charge in [-0.1, -0.05) is 22.9 Å². The molecule has 0 radical (unpaired) electrons.